The molecule has 5 heteroatoms. The van der Waals surface area contributed by atoms with Crippen molar-refractivity contribution in [2.45, 2.75) is 57.4 Å². The molecule has 0 aromatic carbocycles. The summed E-state index contributed by atoms with van der Waals surface area (Å²) in [7, 11) is 0. The van der Waals surface area contributed by atoms with Crippen molar-refractivity contribution < 1.29 is 14.0 Å². The summed E-state index contributed by atoms with van der Waals surface area (Å²) in [5, 5.41) is 3.05. The van der Waals surface area contributed by atoms with Gasteiger partial charge in [0.25, 0.3) is 5.91 Å². The molecule has 1 aliphatic heterocycles. The summed E-state index contributed by atoms with van der Waals surface area (Å²) in [5.41, 5.74) is -0.0427. The molecule has 0 radical (unpaired) electrons. The zero-order valence-corrected chi connectivity index (χ0v) is 15.3. The minimum Gasteiger partial charge on any atom is -0.459 e. The molecule has 4 bridgehead atoms. The van der Waals surface area contributed by atoms with Crippen LogP contribution in [0.5, 0.6) is 0 Å². The van der Waals surface area contributed by atoms with E-state index in [1.165, 1.54) is 25.5 Å². The molecule has 0 spiro atoms. The van der Waals surface area contributed by atoms with Gasteiger partial charge in [-0.05, 0) is 81.3 Å². The number of hydrogen-bond acceptors (Lipinski definition) is 3. The van der Waals surface area contributed by atoms with Gasteiger partial charge in [-0.15, -0.1) is 0 Å². The van der Waals surface area contributed by atoms with Gasteiger partial charge in [0.2, 0.25) is 5.91 Å². The first-order chi connectivity index (χ1) is 12.6. The number of rotatable bonds is 3. The minimum absolute atomic E-state index is 0.0427. The van der Waals surface area contributed by atoms with Gasteiger partial charge in [-0.25, -0.2) is 0 Å². The van der Waals surface area contributed by atoms with Crippen LogP contribution in [0, 0.1) is 23.2 Å². The van der Waals surface area contributed by atoms with Crippen LogP contribution in [0.4, 0.5) is 0 Å². The molecule has 1 aromatic heterocycles. The van der Waals surface area contributed by atoms with Gasteiger partial charge in [0.05, 0.1) is 11.7 Å². The maximum atomic E-state index is 13.4. The number of likely N-dealkylation sites (tertiary alicyclic amines) is 1. The lowest BCUT2D eigenvalue weighted by Crippen LogP contribution is -2.56. The molecule has 1 N–H and O–H groups in total. The van der Waals surface area contributed by atoms with Crippen LogP contribution in [0.2, 0.25) is 0 Å². The second kappa shape index (κ2) is 6.14. The largest absolute Gasteiger partial charge is 0.459 e. The second-order valence-corrected chi connectivity index (χ2v) is 9.22. The highest BCUT2D eigenvalue weighted by Crippen LogP contribution is 2.60. The van der Waals surface area contributed by atoms with Crippen LogP contribution in [0.15, 0.2) is 22.8 Å². The lowest BCUT2D eigenvalue weighted by molar-refractivity contribution is -0.158. The Morgan fingerprint density at radius 2 is 1.65 bits per heavy atom. The molecule has 1 aromatic rings. The number of furan rings is 1. The summed E-state index contributed by atoms with van der Waals surface area (Å²) < 4.78 is 5.16. The van der Waals surface area contributed by atoms with Crippen LogP contribution < -0.4 is 5.32 Å². The maximum Gasteiger partial charge on any atom is 0.287 e. The molecule has 4 saturated carbocycles. The smallest absolute Gasteiger partial charge is 0.287 e. The lowest BCUT2D eigenvalue weighted by Gasteiger charge is -2.57. The Kier molecular flexibility index (Phi) is 3.87. The lowest BCUT2D eigenvalue weighted by atomic mass is 9.49. The van der Waals surface area contributed by atoms with Gasteiger partial charge in [-0.3, -0.25) is 9.59 Å². The van der Waals surface area contributed by atoms with Gasteiger partial charge in [0.1, 0.15) is 0 Å². The Hall–Kier alpha value is -1.78. The SMILES string of the molecule is O=C(NC1CCN(C(=O)C23CC4CC(CC(C4)C2)C3)CC1)c1ccco1. The summed E-state index contributed by atoms with van der Waals surface area (Å²) in [5.74, 6) is 3.03. The number of carbonyl (C=O) groups is 2. The molecule has 0 atom stereocenters. The number of hydrogen-bond donors (Lipinski definition) is 1. The Bertz CT molecular complexity index is 653. The number of amides is 2. The van der Waals surface area contributed by atoms with E-state index in [0.29, 0.717) is 11.7 Å². The average Bonchev–Trinajstić information content (AvgIpc) is 3.15. The monoisotopic (exact) mass is 356 g/mol. The number of nitrogens with one attached hydrogen (secondary N) is 1. The summed E-state index contributed by atoms with van der Waals surface area (Å²) in [6, 6.07) is 3.54. The van der Waals surface area contributed by atoms with Crippen molar-refractivity contribution in [1.82, 2.24) is 10.2 Å². The summed E-state index contributed by atoms with van der Waals surface area (Å²) >= 11 is 0. The minimum atomic E-state index is -0.152. The van der Waals surface area contributed by atoms with E-state index in [1.807, 2.05) is 0 Å². The third-order valence-corrected chi connectivity index (χ3v) is 7.35. The predicted molar refractivity (Wildman–Crippen MR) is 96.4 cm³/mol. The first-order valence-corrected chi connectivity index (χ1v) is 10.2. The number of nitrogens with zero attached hydrogens (tertiary/aromatic N) is 1. The Balaban J connectivity index is 1.19. The van der Waals surface area contributed by atoms with Crippen LogP contribution in [0.3, 0.4) is 0 Å². The molecular weight excluding hydrogens is 328 g/mol. The van der Waals surface area contributed by atoms with Crippen LogP contribution in [0.25, 0.3) is 0 Å². The molecule has 5 aliphatic rings. The van der Waals surface area contributed by atoms with Gasteiger partial charge in [-0.1, -0.05) is 0 Å². The number of carbonyl (C=O) groups excluding carboxylic acids is 2. The van der Waals surface area contributed by atoms with E-state index in [2.05, 4.69) is 10.2 Å². The third-order valence-electron chi connectivity index (χ3n) is 7.35. The molecule has 1 saturated heterocycles. The fourth-order valence-electron chi connectivity index (χ4n) is 6.60. The third kappa shape index (κ3) is 2.76. The van der Waals surface area contributed by atoms with Crippen LogP contribution in [-0.4, -0.2) is 35.8 Å². The Morgan fingerprint density at radius 1 is 1.04 bits per heavy atom. The van der Waals surface area contributed by atoms with Gasteiger partial charge >= 0.3 is 0 Å². The van der Waals surface area contributed by atoms with Crippen molar-refractivity contribution in [2.75, 3.05) is 13.1 Å². The molecule has 5 nitrogen and oxygen atoms in total. The number of piperidine rings is 1. The molecule has 6 rings (SSSR count). The Labute approximate surface area is 154 Å². The maximum absolute atomic E-state index is 13.4. The van der Waals surface area contributed by atoms with E-state index >= 15 is 0 Å². The first kappa shape index (κ1) is 16.4. The van der Waals surface area contributed by atoms with Gasteiger partial charge in [0, 0.05) is 19.1 Å². The van der Waals surface area contributed by atoms with Crippen molar-refractivity contribution in [2.24, 2.45) is 23.2 Å². The molecule has 2 amide bonds. The molecule has 0 unspecified atom stereocenters. The fourth-order valence-corrected chi connectivity index (χ4v) is 6.60. The van der Waals surface area contributed by atoms with Gasteiger partial charge < -0.3 is 14.6 Å². The summed E-state index contributed by atoms with van der Waals surface area (Å²) in [4.78, 5) is 27.6. The van der Waals surface area contributed by atoms with Crippen molar-refractivity contribution in [3.05, 3.63) is 24.2 Å². The molecule has 4 aliphatic carbocycles. The normalized spacial score (nSPS) is 36.3. The van der Waals surface area contributed by atoms with Gasteiger partial charge in [0.15, 0.2) is 5.76 Å². The molecule has 26 heavy (non-hydrogen) atoms. The highest BCUT2D eigenvalue weighted by Gasteiger charge is 2.55. The van der Waals surface area contributed by atoms with Crippen molar-refractivity contribution in [1.29, 1.82) is 0 Å². The zero-order chi connectivity index (χ0) is 17.7. The van der Waals surface area contributed by atoms with Gasteiger partial charge in [-0.2, -0.15) is 0 Å². The Morgan fingerprint density at radius 3 is 2.19 bits per heavy atom. The average molecular weight is 356 g/mol. The molecule has 5 fully saturated rings. The highest BCUT2D eigenvalue weighted by molar-refractivity contribution is 5.91. The fraction of sp³-hybridized carbons (Fsp3) is 0.714. The van der Waals surface area contributed by atoms with E-state index in [0.717, 1.165) is 62.9 Å². The van der Waals surface area contributed by atoms with Crippen LogP contribution >= 0.6 is 0 Å². The van der Waals surface area contributed by atoms with E-state index in [-0.39, 0.29) is 17.4 Å². The van der Waals surface area contributed by atoms with Crippen LogP contribution in [0.1, 0.15) is 61.9 Å². The van der Waals surface area contributed by atoms with E-state index in [4.69, 9.17) is 4.42 Å². The topological polar surface area (TPSA) is 62.6 Å². The standard InChI is InChI=1S/C21H28N2O3/c24-19(18-2-1-7-26-18)22-17-3-5-23(6-4-17)20(25)21-11-14-8-15(12-21)10-16(9-14)13-21/h1-2,7,14-17H,3-6,8-13H2,(H,22,24). The van der Waals surface area contributed by atoms with Crippen LogP contribution in [-0.2, 0) is 4.79 Å². The predicted octanol–water partition coefficient (Wildman–Crippen LogP) is 3.22. The summed E-state index contributed by atoms with van der Waals surface area (Å²) in [6.07, 6.45) is 10.7. The molecule has 140 valence electrons. The van der Waals surface area contributed by atoms with E-state index in [1.54, 1.807) is 12.1 Å². The first-order valence-electron chi connectivity index (χ1n) is 10.2. The summed E-state index contributed by atoms with van der Waals surface area (Å²) in [6.45, 7) is 1.54. The van der Waals surface area contributed by atoms with Crippen molar-refractivity contribution >= 4 is 11.8 Å². The quantitative estimate of drug-likeness (QED) is 0.904. The second-order valence-electron chi connectivity index (χ2n) is 9.22. The molecular formula is C21H28N2O3. The van der Waals surface area contributed by atoms with Crippen molar-refractivity contribution in [3.63, 3.8) is 0 Å². The van der Waals surface area contributed by atoms with Crippen molar-refractivity contribution in [3.8, 4) is 0 Å². The zero-order valence-electron chi connectivity index (χ0n) is 15.3. The van der Waals surface area contributed by atoms with E-state index in [9.17, 15) is 9.59 Å². The highest BCUT2D eigenvalue weighted by atomic mass is 16.3. The molecule has 2 heterocycles. The van der Waals surface area contributed by atoms with E-state index < -0.39 is 0 Å².